The van der Waals surface area contributed by atoms with Gasteiger partial charge in [0.15, 0.2) is 0 Å². The van der Waals surface area contributed by atoms with Crippen molar-refractivity contribution in [2.45, 2.75) is 61.5 Å². The van der Waals surface area contributed by atoms with Crippen LogP contribution in [0.1, 0.15) is 56.9 Å². The van der Waals surface area contributed by atoms with Crippen LogP contribution in [-0.2, 0) is 0 Å². The molecule has 112 valence electrons. The van der Waals surface area contributed by atoms with Crippen LogP contribution in [0.3, 0.4) is 0 Å². The van der Waals surface area contributed by atoms with Crippen LogP contribution in [0, 0.1) is 0 Å². The van der Waals surface area contributed by atoms with Crippen LogP contribution in [0.2, 0.25) is 0 Å². The third-order valence-corrected chi connectivity index (χ3v) is 5.66. The molecule has 1 aliphatic carbocycles. The van der Waals surface area contributed by atoms with Crippen LogP contribution in [0.4, 0.5) is 0 Å². The van der Waals surface area contributed by atoms with Crippen LogP contribution in [0.25, 0.3) is 0 Å². The second-order valence-electron chi connectivity index (χ2n) is 6.44. The van der Waals surface area contributed by atoms with Gasteiger partial charge < -0.3 is 4.90 Å². The van der Waals surface area contributed by atoms with Gasteiger partial charge in [0.05, 0.1) is 0 Å². The molecule has 1 saturated carbocycles. The van der Waals surface area contributed by atoms with E-state index in [0.29, 0.717) is 5.92 Å². The number of rotatable bonds is 6. The summed E-state index contributed by atoms with van der Waals surface area (Å²) in [6.45, 7) is 3.51. The molecule has 0 heterocycles. The lowest BCUT2D eigenvalue weighted by atomic mass is 9.98. The van der Waals surface area contributed by atoms with Gasteiger partial charge in [-0.3, -0.25) is 0 Å². The van der Waals surface area contributed by atoms with Crippen molar-refractivity contribution in [1.29, 1.82) is 0 Å². The Hall–Kier alpha value is -0.470. The lowest BCUT2D eigenvalue weighted by Gasteiger charge is -2.21. The Morgan fingerprint density at radius 2 is 1.75 bits per heavy atom. The van der Waals surface area contributed by atoms with Crippen LogP contribution < -0.4 is 0 Å². The molecule has 1 atom stereocenters. The Balaban J connectivity index is 1.85. The first-order chi connectivity index (χ1) is 9.65. The van der Waals surface area contributed by atoms with E-state index in [4.69, 9.17) is 0 Å². The number of benzene rings is 1. The predicted octanol–water partition coefficient (Wildman–Crippen LogP) is 5.17. The van der Waals surface area contributed by atoms with Gasteiger partial charge in [-0.2, -0.15) is 0 Å². The molecule has 0 aromatic heterocycles. The van der Waals surface area contributed by atoms with E-state index in [1.807, 2.05) is 0 Å². The third-order valence-electron chi connectivity index (χ3n) is 4.31. The molecule has 0 saturated heterocycles. The van der Waals surface area contributed by atoms with E-state index in [1.165, 1.54) is 55.5 Å². The summed E-state index contributed by atoms with van der Waals surface area (Å²) in [4.78, 5) is 3.73. The number of thioether (sulfide) groups is 1. The van der Waals surface area contributed by atoms with E-state index in [-0.39, 0.29) is 0 Å². The van der Waals surface area contributed by atoms with Crippen molar-refractivity contribution in [1.82, 2.24) is 4.90 Å². The second kappa shape index (κ2) is 8.09. The fourth-order valence-corrected chi connectivity index (χ4v) is 4.12. The smallest absolute Gasteiger partial charge is 0.00944 e. The molecule has 2 rings (SSSR count). The minimum absolute atomic E-state index is 0.658. The Kier molecular flexibility index (Phi) is 6.44. The van der Waals surface area contributed by atoms with E-state index in [0.717, 1.165) is 5.25 Å². The molecule has 1 nitrogen and oxygen atoms in total. The first kappa shape index (κ1) is 15.9. The summed E-state index contributed by atoms with van der Waals surface area (Å²) in [5.74, 6) is 0.658. The monoisotopic (exact) mass is 291 g/mol. The fourth-order valence-electron chi connectivity index (χ4n) is 2.87. The topological polar surface area (TPSA) is 3.24 Å². The average molecular weight is 292 g/mol. The van der Waals surface area contributed by atoms with Gasteiger partial charge in [-0.15, -0.1) is 11.8 Å². The highest BCUT2D eigenvalue weighted by Gasteiger charge is 2.14. The summed E-state index contributed by atoms with van der Waals surface area (Å²) in [7, 11) is 4.30. The summed E-state index contributed by atoms with van der Waals surface area (Å²) in [5, 5.41) is 0.862. The zero-order valence-corrected chi connectivity index (χ0v) is 14.1. The molecule has 1 aromatic rings. The third kappa shape index (κ3) is 5.14. The first-order valence-electron chi connectivity index (χ1n) is 8.06. The molecule has 0 amide bonds. The Labute approximate surface area is 129 Å². The minimum atomic E-state index is 0.658. The zero-order valence-electron chi connectivity index (χ0n) is 13.3. The summed E-state index contributed by atoms with van der Waals surface area (Å²) < 4.78 is 0. The maximum atomic E-state index is 2.34. The van der Waals surface area contributed by atoms with Gasteiger partial charge in [0.25, 0.3) is 0 Å². The van der Waals surface area contributed by atoms with E-state index >= 15 is 0 Å². The van der Waals surface area contributed by atoms with Crippen LogP contribution in [0.15, 0.2) is 29.2 Å². The average Bonchev–Trinajstić information content (AvgIpc) is 2.46. The van der Waals surface area contributed by atoms with Gasteiger partial charge in [-0.1, -0.05) is 38.3 Å². The molecular formula is C18H29NS. The van der Waals surface area contributed by atoms with Gasteiger partial charge in [-0.05, 0) is 63.5 Å². The fraction of sp³-hybridized carbons (Fsp3) is 0.667. The standard InChI is InChI=1S/C18H29NS/c1-15(13-14-19(2)3)16-9-11-18(12-10-16)20-17-7-5-4-6-8-17/h9-12,15,17H,4-8,13-14H2,1-3H3. The normalized spacial score (nSPS) is 18.4. The minimum Gasteiger partial charge on any atom is -0.309 e. The molecule has 1 aromatic carbocycles. The molecule has 0 spiro atoms. The number of hydrogen-bond donors (Lipinski definition) is 0. The van der Waals surface area contributed by atoms with Crippen molar-refractivity contribution < 1.29 is 0 Å². The van der Waals surface area contributed by atoms with Gasteiger partial charge in [0, 0.05) is 10.1 Å². The lowest BCUT2D eigenvalue weighted by Crippen LogP contribution is -2.15. The van der Waals surface area contributed by atoms with E-state index in [1.54, 1.807) is 0 Å². The van der Waals surface area contributed by atoms with Gasteiger partial charge in [0.1, 0.15) is 0 Å². The van der Waals surface area contributed by atoms with Crippen LogP contribution in [0.5, 0.6) is 0 Å². The number of nitrogens with zero attached hydrogens (tertiary/aromatic N) is 1. The Morgan fingerprint density at radius 1 is 1.10 bits per heavy atom. The van der Waals surface area contributed by atoms with Crippen LogP contribution in [-0.4, -0.2) is 30.8 Å². The Bertz CT molecular complexity index is 379. The van der Waals surface area contributed by atoms with Crippen molar-refractivity contribution in [3.8, 4) is 0 Å². The second-order valence-corrected chi connectivity index (χ2v) is 7.81. The van der Waals surface area contributed by atoms with Crippen molar-refractivity contribution >= 4 is 11.8 Å². The molecular weight excluding hydrogens is 262 g/mol. The maximum Gasteiger partial charge on any atom is 0.00944 e. The molecule has 0 radical (unpaired) electrons. The van der Waals surface area contributed by atoms with Crippen molar-refractivity contribution in [2.75, 3.05) is 20.6 Å². The van der Waals surface area contributed by atoms with Crippen LogP contribution >= 0.6 is 11.8 Å². The highest BCUT2D eigenvalue weighted by atomic mass is 32.2. The largest absolute Gasteiger partial charge is 0.309 e. The molecule has 0 bridgehead atoms. The first-order valence-corrected chi connectivity index (χ1v) is 8.94. The summed E-state index contributed by atoms with van der Waals surface area (Å²) in [5.41, 5.74) is 1.49. The van der Waals surface area contributed by atoms with Crippen molar-refractivity contribution in [2.24, 2.45) is 0 Å². The molecule has 1 fully saturated rings. The van der Waals surface area contributed by atoms with E-state index < -0.39 is 0 Å². The Morgan fingerprint density at radius 3 is 2.35 bits per heavy atom. The SMILES string of the molecule is CC(CCN(C)C)c1ccc(SC2CCCCC2)cc1. The predicted molar refractivity (Wildman–Crippen MR) is 90.8 cm³/mol. The van der Waals surface area contributed by atoms with Gasteiger partial charge >= 0.3 is 0 Å². The summed E-state index contributed by atoms with van der Waals surface area (Å²) in [6.07, 6.45) is 8.35. The highest BCUT2D eigenvalue weighted by Crippen LogP contribution is 2.34. The summed E-state index contributed by atoms with van der Waals surface area (Å²) >= 11 is 2.09. The van der Waals surface area contributed by atoms with E-state index in [2.05, 4.69) is 61.9 Å². The molecule has 20 heavy (non-hydrogen) atoms. The summed E-state index contributed by atoms with van der Waals surface area (Å²) in [6, 6.07) is 9.35. The van der Waals surface area contributed by atoms with Gasteiger partial charge in [-0.25, -0.2) is 0 Å². The maximum absolute atomic E-state index is 2.34. The van der Waals surface area contributed by atoms with E-state index in [9.17, 15) is 0 Å². The molecule has 2 heteroatoms. The molecule has 1 aliphatic rings. The quantitative estimate of drug-likeness (QED) is 0.711. The molecule has 1 unspecified atom stereocenters. The van der Waals surface area contributed by atoms with Crippen molar-refractivity contribution in [3.05, 3.63) is 29.8 Å². The zero-order chi connectivity index (χ0) is 14.4. The van der Waals surface area contributed by atoms with Crippen molar-refractivity contribution in [3.63, 3.8) is 0 Å². The molecule has 0 aliphatic heterocycles. The highest BCUT2D eigenvalue weighted by molar-refractivity contribution is 8.00. The molecule has 0 N–H and O–H groups in total. The lowest BCUT2D eigenvalue weighted by molar-refractivity contribution is 0.386. The number of hydrogen-bond acceptors (Lipinski definition) is 2. The van der Waals surface area contributed by atoms with Gasteiger partial charge in [0.2, 0.25) is 0 Å².